The van der Waals surface area contributed by atoms with Crippen molar-refractivity contribution in [2.75, 3.05) is 9.80 Å². The largest absolute Gasteiger partial charge is 0.313 e. The summed E-state index contributed by atoms with van der Waals surface area (Å²) < 4.78 is 4.86. The Morgan fingerprint density at radius 2 is 0.954 bits per heavy atom. The van der Waals surface area contributed by atoms with Crippen molar-refractivity contribution in [1.82, 2.24) is 9.13 Å². The summed E-state index contributed by atoms with van der Waals surface area (Å²) in [5, 5.41) is 3.76. The molecule has 65 heavy (non-hydrogen) atoms. The van der Waals surface area contributed by atoms with E-state index in [1.165, 1.54) is 60.9 Å². The van der Waals surface area contributed by atoms with Gasteiger partial charge in [0.15, 0.2) is 0 Å². The third-order valence-electron chi connectivity index (χ3n) is 13.4. The molecule has 0 saturated heterocycles. The fraction of sp³-hybridized carbons (Fsp3) is 0.0820. The van der Waals surface area contributed by atoms with Gasteiger partial charge in [0, 0.05) is 84.8 Å². The Morgan fingerprint density at radius 1 is 0.431 bits per heavy atom. The zero-order valence-electron chi connectivity index (χ0n) is 36.4. The fourth-order valence-electron chi connectivity index (χ4n) is 10.4. The molecule has 2 aromatic heterocycles. The lowest BCUT2D eigenvalue weighted by atomic mass is 9.91. The molecule has 0 saturated carbocycles. The summed E-state index contributed by atoms with van der Waals surface area (Å²) in [5.41, 5.74) is 16.9. The molecule has 10 aromatic rings. The third kappa shape index (κ3) is 6.77. The van der Waals surface area contributed by atoms with Crippen molar-refractivity contribution in [3.8, 4) is 11.4 Å². The molecule has 0 radical (unpaired) electrons. The highest BCUT2D eigenvalue weighted by molar-refractivity contribution is 6.10. The van der Waals surface area contributed by atoms with Crippen LogP contribution < -0.4 is 9.80 Å². The lowest BCUT2D eigenvalue weighted by Crippen LogP contribution is -2.17. The van der Waals surface area contributed by atoms with Crippen LogP contribution in [0.1, 0.15) is 48.4 Å². The number of anilines is 5. The summed E-state index contributed by atoms with van der Waals surface area (Å²) in [4.78, 5) is 4.80. The van der Waals surface area contributed by atoms with Gasteiger partial charge in [-0.05, 0) is 128 Å². The zero-order valence-corrected chi connectivity index (χ0v) is 36.4. The van der Waals surface area contributed by atoms with Crippen molar-refractivity contribution in [1.29, 1.82) is 0 Å². The van der Waals surface area contributed by atoms with Crippen molar-refractivity contribution in [3.63, 3.8) is 0 Å². The van der Waals surface area contributed by atoms with Crippen LogP contribution in [0.5, 0.6) is 0 Å². The van der Waals surface area contributed by atoms with Crippen molar-refractivity contribution < 1.29 is 0 Å². The summed E-state index contributed by atoms with van der Waals surface area (Å²) in [7, 11) is 0. The van der Waals surface area contributed by atoms with Gasteiger partial charge in [0.1, 0.15) is 0 Å². The van der Waals surface area contributed by atoms with Gasteiger partial charge in [-0.3, -0.25) is 0 Å². The molecule has 0 amide bonds. The van der Waals surface area contributed by atoms with Gasteiger partial charge in [-0.1, -0.05) is 134 Å². The Bertz CT molecular complexity index is 3430. The number of rotatable bonds is 9. The van der Waals surface area contributed by atoms with Crippen LogP contribution in [0.25, 0.3) is 50.2 Å². The number of hydrogen-bond acceptors (Lipinski definition) is 2. The Kier molecular flexibility index (Phi) is 9.64. The standard InChI is InChI=1S/C61H48N4/c1-43-17-16-27-55-57-42-53(38-40-60(57)65(61(43)55)49-24-12-5-13-25-49)63(47-20-8-3-9-21-47)51-35-31-45(32-36-51)44-29-33-50(34-30-44)62(46-18-6-2-7-19-46)52-37-39-59-56(41-52)54-26-14-15-28-58(54)64(59)48-22-10-4-11-23-48/h2-16,18-31,33-43,45H,17,32H2,1H3. The van der Waals surface area contributed by atoms with Crippen LogP contribution in [-0.4, -0.2) is 9.13 Å². The van der Waals surface area contributed by atoms with Crippen LogP contribution in [0, 0.1) is 0 Å². The molecule has 2 aliphatic carbocycles. The lowest BCUT2D eigenvalue weighted by Gasteiger charge is -2.29. The monoisotopic (exact) mass is 836 g/mol. The van der Waals surface area contributed by atoms with Gasteiger partial charge < -0.3 is 18.9 Å². The van der Waals surface area contributed by atoms with Crippen LogP contribution in [0.2, 0.25) is 0 Å². The maximum Gasteiger partial charge on any atom is 0.0542 e. The topological polar surface area (TPSA) is 16.3 Å². The second-order valence-electron chi connectivity index (χ2n) is 17.4. The average molecular weight is 837 g/mol. The maximum atomic E-state index is 2.48. The molecule has 0 bridgehead atoms. The first-order valence-electron chi connectivity index (χ1n) is 22.9. The van der Waals surface area contributed by atoms with Crippen LogP contribution in [0.4, 0.5) is 28.4 Å². The molecule has 0 fully saturated rings. The van der Waals surface area contributed by atoms with Crippen LogP contribution in [-0.2, 0) is 0 Å². The molecule has 0 aliphatic heterocycles. The molecule has 4 nitrogen and oxygen atoms in total. The minimum Gasteiger partial charge on any atom is -0.313 e. The molecule has 4 heteroatoms. The number of fused-ring (bicyclic) bond motifs is 6. The molecule has 312 valence electrons. The van der Waals surface area contributed by atoms with E-state index in [4.69, 9.17) is 0 Å². The second-order valence-corrected chi connectivity index (χ2v) is 17.4. The molecule has 0 spiro atoms. The van der Waals surface area contributed by atoms with Gasteiger partial charge in [0.2, 0.25) is 0 Å². The highest BCUT2D eigenvalue weighted by Crippen LogP contribution is 2.44. The first kappa shape index (κ1) is 38.6. The van der Waals surface area contributed by atoms with Gasteiger partial charge in [-0.2, -0.15) is 0 Å². The molecular formula is C61H48N4. The predicted molar refractivity (Wildman–Crippen MR) is 274 cm³/mol. The molecule has 8 aromatic carbocycles. The summed E-state index contributed by atoms with van der Waals surface area (Å²) in [6.45, 7) is 2.35. The SMILES string of the molecule is CC1CC=Cc2c1n(-c1ccccc1)c1ccc(N(C3=CCC(c4ccc(N(c5ccccc5)c5ccc6c(c5)c5ccccc5n6-c5ccccc5)cc4)C=C3)c3ccccc3)cc21. The van der Waals surface area contributed by atoms with Crippen molar-refractivity contribution >= 4 is 67.2 Å². The van der Waals surface area contributed by atoms with Crippen molar-refractivity contribution in [2.24, 2.45) is 0 Å². The molecule has 12 rings (SSSR count). The van der Waals surface area contributed by atoms with E-state index in [1.54, 1.807) is 0 Å². The third-order valence-corrected chi connectivity index (χ3v) is 13.4. The van der Waals surface area contributed by atoms with Crippen molar-refractivity contribution in [3.05, 3.63) is 253 Å². The quantitative estimate of drug-likeness (QED) is 0.144. The second kappa shape index (κ2) is 16.2. The highest BCUT2D eigenvalue weighted by atomic mass is 15.2. The minimum absolute atomic E-state index is 0.261. The summed E-state index contributed by atoms with van der Waals surface area (Å²) in [6.07, 6.45) is 13.8. The Balaban J connectivity index is 0.872. The van der Waals surface area contributed by atoms with E-state index < -0.39 is 0 Å². The van der Waals surface area contributed by atoms with E-state index in [9.17, 15) is 0 Å². The van der Waals surface area contributed by atoms with Gasteiger partial charge in [-0.25, -0.2) is 0 Å². The van der Waals surface area contributed by atoms with Crippen LogP contribution in [0.3, 0.4) is 0 Å². The number of aromatic nitrogens is 2. The number of nitrogens with zero attached hydrogens (tertiary/aromatic N) is 4. The fourth-order valence-corrected chi connectivity index (χ4v) is 10.4. The van der Waals surface area contributed by atoms with Gasteiger partial charge in [0.25, 0.3) is 0 Å². The lowest BCUT2D eigenvalue weighted by molar-refractivity contribution is 0.723. The Hall–Kier alpha value is -8.08. The smallest absolute Gasteiger partial charge is 0.0542 e. The molecule has 2 unspecified atom stereocenters. The van der Waals surface area contributed by atoms with Crippen LogP contribution >= 0.6 is 0 Å². The van der Waals surface area contributed by atoms with E-state index in [1.807, 2.05) is 0 Å². The molecular weight excluding hydrogens is 789 g/mol. The van der Waals surface area contributed by atoms with Crippen LogP contribution in [0.15, 0.2) is 236 Å². The molecule has 2 aliphatic rings. The number of benzene rings is 8. The molecule has 2 atom stereocenters. The predicted octanol–water partition coefficient (Wildman–Crippen LogP) is 16.5. The summed E-state index contributed by atoms with van der Waals surface area (Å²) in [6, 6.07) is 74.9. The Labute approximate surface area is 380 Å². The van der Waals surface area contributed by atoms with E-state index >= 15 is 0 Å². The van der Waals surface area contributed by atoms with Gasteiger partial charge in [0.05, 0.1) is 16.6 Å². The number of allylic oxidation sites excluding steroid dienone is 4. The summed E-state index contributed by atoms with van der Waals surface area (Å²) in [5.74, 6) is 0.688. The normalized spacial score (nSPS) is 15.6. The van der Waals surface area contributed by atoms with Gasteiger partial charge >= 0.3 is 0 Å². The van der Waals surface area contributed by atoms with Gasteiger partial charge in [-0.15, -0.1) is 0 Å². The maximum absolute atomic E-state index is 2.48. The summed E-state index contributed by atoms with van der Waals surface area (Å²) >= 11 is 0. The van der Waals surface area contributed by atoms with E-state index in [0.29, 0.717) is 5.92 Å². The first-order valence-corrected chi connectivity index (χ1v) is 22.9. The van der Waals surface area contributed by atoms with E-state index in [0.717, 1.165) is 47.0 Å². The first-order chi connectivity index (χ1) is 32.2. The number of hydrogen-bond donors (Lipinski definition) is 0. The molecule has 0 N–H and O–H groups in total. The average Bonchev–Trinajstić information content (AvgIpc) is 3.89. The molecule has 2 heterocycles. The Morgan fingerprint density at radius 3 is 1.62 bits per heavy atom. The highest BCUT2D eigenvalue weighted by Gasteiger charge is 2.26. The number of para-hydroxylation sites is 5. The van der Waals surface area contributed by atoms with Crippen molar-refractivity contribution in [2.45, 2.75) is 31.6 Å². The zero-order chi connectivity index (χ0) is 43.3. The minimum atomic E-state index is 0.261. The van der Waals surface area contributed by atoms with E-state index in [2.05, 4.69) is 262 Å². The van der Waals surface area contributed by atoms with E-state index in [-0.39, 0.29) is 5.92 Å².